The number of rotatable bonds is 7. The van der Waals surface area contributed by atoms with E-state index in [2.05, 4.69) is 25.7 Å². The molecule has 110 valence electrons. The van der Waals surface area contributed by atoms with Crippen molar-refractivity contribution >= 4 is 24.1 Å². The van der Waals surface area contributed by atoms with Crippen molar-refractivity contribution in [2.45, 2.75) is 12.1 Å². The molecule has 0 aromatic carbocycles. The van der Waals surface area contributed by atoms with E-state index in [9.17, 15) is 4.79 Å². The maximum atomic E-state index is 11.5. The van der Waals surface area contributed by atoms with Crippen molar-refractivity contribution < 1.29 is 13.9 Å². The van der Waals surface area contributed by atoms with Gasteiger partial charge in [-0.25, -0.2) is 5.43 Å². The summed E-state index contributed by atoms with van der Waals surface area (Å²) in [4.78, 5) is 15.4. The Kier molecular flexibility index (Phi) is 5.71. The van der Waals surface area contributed by atoms with Gasteiger partial charge in [0.15, 0.2) is 6.40 Å². The summed E-state index contributed by atoms with van der Waals surface area (Å²) in [5, 5.41) is 11.7. The molecule has 0 saturated carbocycles. The molecule has 0 saturated heterocycles. The molecule has 8 nitrogen and oxygen atoms in total. The van der Waals surface area contributed by atoms with Crippen LogP contribution >= 0.6 is 11.8 Å². The van der Waals surface area contributed by atoms with Crippen molar-refractivity contribution in [3.05, 3.63) is 24.5 Å². The average Bonchev–Trinajstić information content (AvgIpc) is 2.99. The van der Waals surface area contributed by atoms with Crippen molar-refractivity contribution in [2.24, 2.45) is 5.10 Å². The molecule has 1 N–H and O–H groups in total. The van der Waals surface area contributed by atoms with Gasteiger partial charge in [-0.15, -0.1) is 15.3 Å². The summed E-state index contributed by atoms with van der Waals surface area (Å²) >= 11 is 1.13. The lowest BCUT2D eigenvalue weighted by molar-refractivity contribution is -0.118. The first-order valence-corrected chi connectivity index (χ1v) is 7.07. The van der Waals surface area contributed by atoms with Crippen LogP contribution in [-0.2, 0) is 9.53 Å². The lowest BCUT2D eigenvalue weighted by Gasteiger charge is -1.97. The molecule has 0 fully saturated rings. The van der Waals surface area contributed by atoms with Gasteiger partial charge in [0, 0.05) is 18.0 Å². The number of pyridine rings is 1. The number of amides is 1. The molecule has 2 heterocycles. The number of ether oxygens (including phenoxy) is 1. The van der Waals surface area contributed by atoms with Gasteiger partial charge in [-0.2, -0.15) is 0 Å². The molecule has 0 aliphatic heterocycles. The number of thioether (sulfide) groups is 1. The summed E-state index contributed by atoms with van der Waals surface area (Å²) in [5.74, 6) is 0.204. The van der Waals surface area contributed by atoms with Gasteiger partial charge in [-0.05, 0) is 19.1 Å². The molecule has 0 aliphatic rings. The first kappa shape index (κ1) is 15.0. The highest BCUT2D eigenvalue weighted by molar-refractivity contribution is 7.99. The zero-order valence-corrected chi connectivity index (χ0v) is 12.0. The van der Waals surface area contributed by atoms with Gasteiger partial charge < -0.3 is 9.15 Å². The molecule has 0 bridgehead atoms. The van der Waals surface area contributed by atoms with Gasteiger partial charge in [0.1, 0.15) is 0 Å². The van der Waals surface area contributed by atoms with Crippen molar-refractivity contribution in [3.63, 3.8) is 0 Å². The second-order valence-corrected chi connectivity index (χ2v) is 4.55. The van der Waals surface area contributed by atoms with Crippen LogP contribution in [0.2, 0.25) is 0 Å². The number of carbonyl (C=O) groups is 1. The minimum atomic E-state index is -0.292. The highest BCUT2D eigenvalue weighted by Gasteiger charge is 2.10. The summed E-state index contributed by atoms with van der Waals surface area (Å²) in [6, 6.07) is 3.52. The Morgan fingerprint density at radius 2 is 2.29 bits per heavy atom. The molecule has 1 amide bonds. The summed E-state index contributed by atoms with van der Waals surface area (Å²) in [6.45, 7) is 2.31. The normalized spacial score (nSPS) is 10.7. The molecule has 2 aromatic heterocycles. The molecule has 0 radical (unpaired) electrons. The molecule has 0 unspecified atom stereocenters. The van der Waals surface area contributed by atoms with E-state index >= 15 is 0 Å². The largest absolute Gasteiger partial charge is 0.482 e. The van der Waals surface area contributed by atoms with Crippen LogP contribution in [0.5, 0.6) is 0 Å². The van der Waals surface area contributed by atoms with Crippen LogP contribution in [0.15, 0.2) is 39.3 Å². The number of nitrogens with one attached hydrogen (secondary N) is 1. The number of hydrogen-bond acceptors (Lipinski definition) is 8. The quantitative estimate of drug-likeness (QED) is 0.356. The van der Waals surface area contributed by atoms with E-state index in [0.29, 0.717) is 17.7 Å². The second-order valence-electron chi connectivity index (χ2n) is 3.62. The Morgan fingerprint density at radius 1 is 1.48 bits per heavy atom. The monoisotopic (exact) mass is 307 g/mol. The van der Waals surface area contributed by atoms with Crippen LogP contribution in [0.4, 0.5) is 0 Å². The maximum Gasteiger partial charge on any atom is 0.277 e. The van der Waals surface area contributed by atoms with Gasteiger partial charge in [0.25, 0.3) is 11.1 Å². The fraction of sp³-hybridized carbons (Fsp3) is 0.250. The van der Waals surface area contributed by atoms with Crippen molar-refractivity contribution in [2.75, 3.05) is 12.4 Å². The number of aromatic nitrogens is 3. The molecule has 2 aromatic rings. The smallest absolute Gasteiger partial charge is 0.277 e. The number of hydrogen-bond donors (Lipinski definition) is 1. The Hall–Kier alpha value is -2.42. The number of nitrogens with zero attached hydrogens (tertiary/aromatic N) is 4. The highest BCUT2D eigenvalue weighted by atomic mass is 32.2. The zero-order valence-electron chi connectivity index (χ0n) is 11.2. The third-order valence-electron chi connectivity index (χ3n) is 2.14. The molecule has 0 atom stereocenters. The fourth-order valence-corrected chi connectivity index (χ4v) is 1.80. The Morgan fingerprint density at radius 3 is 3.05 bits per heavy atom. The standard InChI is InChI=1S/C12H13N5O3S/c1-2-19-8-14-15-10(18)7-21-12-17-16-11(20-12)9-3-5-13-6-4-9/h3-6,8H,2,7H2,1H3,(H,15,18)/b14-8+. The third-order valence-corrected chi connectivity index (χ3v) is 2.96. The van der Waals surface area contributed by atoms with Gasteiger partial charge >= 0.3 is 0 Å². The lowest BCUT2D eigenvalue weighted by Crippen LogP contribution is -2.19. The molecular formula is C12H13N5O3S. The summed E-state index contributed by atoms with van der Waals surface area (Å²) in [7, 11) is 0. The number of carbonyl (C=O) groups excluding carboxylic acids is 1. The highest BCUT2D eigenvalue weighted by Crippen LogP contribution is 2.22. The Labute approximate surface area is 125 Å². The van der Waals surface area contributed by atoms with Crippen molar-refractivity contribution in [1.82, 2.24) is 20.6 Å². The molecule has 21 heavy (non-hydrogen) atoms. The van der Waals surface area contributed by atoms with Crippen LogP contribution in [0.25, 0.3) is 11.5 Å². The molecule has 2 rings (SSSR count). The van der Waals surface area contributed by atoms with Gasteiger partial charge in [0.05, 0.1) is 12.4 Å². The fourth-order valence-electron chi connectivity index (χ4n) is 1.25. The van der Waals surface area contributed by atoms with Gasteiger partial charge in [-0.3, -0.25) is 9.78 Å². The first-order chi connectivity index (χ1) is 10.3. The molecule has 0 spiro atoms. The van der Waals surface area contributed by atoms with Crippen LogP contribution < -0.4 is 5.43 Å². The zero-order chi connectivity index (χ0) is 14.9. The van der Waals surface area contributed by atoms with Crippen LogP contribution in [-0.4, -0.2) is 39.8 Å². The van der Waals surface area contributed by atoms with E-state index in [1.165, 1.54) is 6.40 Å². The molecule has 9 heteroatoms. The van der Waals surface area contributed by atoms with Gasteiger partial charge in [-0.1, -0.05) is 11.8 Å². The predicted molar refractivity (Wildman–Crippen MR) is 76.5 cm³/mol. The summed E-state index contributed by atoms with van der Waals surface area (Å²) in [5.41, 5.74) is 3.09. The summed E-state index contributed by atoms with van der Waals surface area (Å²) in [6.07, 6.45) is 4.45. The lowest BCUT2D eigenvalue weighted by atomic mass is 10.3. The van der Waals surface area contributed by atoms with E-state index in [-0.39, 0.29) is 11.7 Å². The molecular weight excluding hydrogens is 294 g/mol. The average molecular weight is 307 g/mol. The van der Waals surface area contributed by atoms with Crippen molar-refractivity contribution in [3.8, 4) is 11.5 Å². The van der Waals surface area contributed by atoms with Crippen LogP contribution in [0.1, 0.15) is 6.92 Å². The SMILES string of the molecule is CCO/C=N/NC(=O)CSc1nnc(-c2ccncc2)o1. The third kappa shape index (κ3) is 4.88. The Bertz CT molecular complexity index is 602. The van der Waals surface area contributed by atoms with Crippen molar-refractivity contribution in [1.29, 1.82) is 0 Å². The first-order valence-electron chi connectivity index (χ1n) is 6.08. The van der Waals surface area contributed by atoms with E-state index in [1.807, 2.05) is 6.92 Å². The predicted octanol–water partition coefficient (Wildman–Crippen LogP) is 1.32. The summed E-state index contributed by atoms with van der Waals surface area (Å²) < 4.78 is 10.3. The van der Waals surface area contributed by atoms with E-state index in [1.54, 1.807) is 24.5 Å². The van der Waals surface area contributed by atoms with Gasteiger partial charge in [0.2, 0.25) is 5.89 Å². The van der Waals surface area contributed by atoms with Crippen LogP contribution in [0, 0.1) is 0 Å². The Balaban J connectivity index is 1.82. The second kappa shape index (κ2) is 8.00. The maximum absolute atomic E-state index is 11.5. The molecule has 0 aliphatic carbocycles. The minimum absolute atomic E-state index is 0.113. The topological polar surface area (TPSA) is 102 Å². The van der Waals surface area contributed by atoms with E-state index < -0.39 is 0 Å². The minimum Gasteiger partial charge on any atom is -0.482 e. The van der Waals surface area contributed by atoms with E-state index in [4.69, 9.17) is 9.15 Å². The van der Waals surface area contributed by atoms with E-state index in [0.717, 1.165) is 17.3 Å². The van der Waals surface area contributed by atoms with Crippen LogP contribution in [0.3, 0.4) is 0 Å². The number of hydrazone groups is 1.